The van der Waals surface area contributed by atoms with Crippen LogP contribution in [-0.4, -0.2) is 96.4 Å². The minimum Gasteiger partial charge on any atom is -0.480 e. The fraction of sp³-hybridized carbons (Fsp3) is 0.783. The number of unbranched alkanes of at least 4 members (excludes halogenated alkanes) is 2. The SMILES string of the molecule is CC(C)(C)OCC(=O)NCC(=O)N[C@@H](CO)C(=O)N[C@@H](CCCCN)C(=O)N[C@@H](CCCCN)C(=O)O. The number of amides is 4. The minimum absolute atomic E-state index is 0.167. The molecule has 0 aromatic carbocycles. The van der Waals surface area contributed by atoms with E-state index in [1.165, 1.54) is 0 Å². The molecule has 0 aliphatic rings. The summed E-state index contributed by atoms with van der Waals surface area (Å²) in [5, 5.41) is 28.5. The van der Waals surface area contributed by atoms with Gasteiger partial charge in [0, 0.05) is 0 Å². The Morgan fingerprint density at radius 1 is 0.784 bits per heavy atom. The van der Waals surface area contributed by atoms with Crippen molar-refractivity contribution < 1.29 is 38.9 Å². The van der Waals surface area contributed by atoms with Gasteiger partial charge in [0.05, 0.1) is 18.8 Å². The van der Waals surface area contributed by atoms with Gasteiger partial charge in [0.15, 0.2) is 0 Å². The molecule has 0 spiro atoms. The number of aliphatic hydroxyl groups excluding tert-OH is 1. The molecule has 0 unspecified atom stereocenters. The first-order valence-corrected chi connectivity index (χ1v) is 12.4. The van der Waals surface area contributed by atoms with Gasteiger partial charge in [-0.15, -0.1) is 0 Å². The van der Waals surface area contributed by atoms with Crippen LogP contribution in [0.5, 0.6) is 0 Å². The molecular weight excluding hydrogens is 488 g/mol. The fourth-order valence-electron chi connectivity index (χ4n) is 3.01. The van der Waals surface area contributed by atoms with E-state index in [9.17, 15) is 34.2 Å². The molecule has 14 heteroatoms. The molecule has 14 nitrogen and oxygen atoms in total. The Labute approximate surface area is 217 Å². The summed E-state index contributed by atoms with van der Waals surface area (Å²) in [5.41, 5.74) is 10.4. The first kappa shape index (κ1) is 34.2. The normalized spacial score (nSPS) is 13.7. The van der Waals surface area contributed by atoms with Crippen molar-refractivity contribution in [1.29, 1.82) is 0 Å². The number of hydrogen-bond acceptors (Lipinski definition) is 9. The van der Waals surface area contributed by atoms with E-state index in [-0.39, 0.29) is 19.4 Å². The molecule has 0 aromatic heterocycles. The second kappa shape index (κ2) is 18.4. The van der Waals surface area contributed by atoms with Crippen molar-refractivity contribution >= 4 is 29.6 Å². The summed E-state index contributed by atoms with van der Waals surface area (Å²) in [6.07, 6.45) is 2.47. The van der Waals surface area contributed by atoms with Crippen molar-refractivity contribution in [3.63, 3.8) is 0 Å². The van der Waals surface area contributed by atoms with Gasteiger partial charge in [-0.25, -0.2) is 4.79 Å². The van der Waals surface area contributed by atoms with Crippen LogP contribution in [-0.2, 0) is 28.7 Å². The summed E-state index contributed by atoms with van der Waals surface area (Å²) >= 11 is 0. The van der Waals surface area contributed by atoms with Crippen LogP contribution in [0.2, 0.25) is 0 Å². The summed E-state index contributed by atoms with van der Waals surface area (Å²) in [7, 11) is 0. The highest BCUT2D eigenvalue weighted by Crippen LogP contribution is 2.06. The van der Waals surface area contributed by atoms with Crippen LogP contribution >= 0.6 is 0 Å². The average molecular weight is 533 g/mol. The number of rotatable bonds is 19. The number of ether oxygens (including phenoxy) is 1. The van der Waals surface area contributed by atoms with Crippen molar-refractivity contribution in [3.8, 4) is 0 Å². The molecule has 37 heavy (non-hydrogen) atoms. The van der Waals surface area contributed by atoms with Crippen LogP contribution in [0.25, 0.3) is 0 Å². The van der Waals surface area contributed by atoms with Crippen LogP contribution < -0.4 is 32.7 Å². The third kappa shape index (κ3) is 16.5. The number of carbonyl (C=O) groups excluding carboxylic acids is 4. The second-order valence-electron chi connectivity index (χ2n) is 9.51. The van der Waals surface area contributed by atoms with Crippen molar-refractivity contribution in [2.75, 3.05) is 32.8 Å². The molecular formula is C23H44N6O8. The maximum absolute atomic E-state index is 12.8. The van der Waals surface area contributed by atoms with Crippen LogP contribution in [0, 0.1) is 0 Å². The lowest BCUT2D eigenvalue weighted by Crippen LogP contribution is -2.57. The summed E-state index contributed by atoms with van der Waals surface area (Å²) in [4.78, 5) is 61.0. The van der Waals surface area contributed by atoms with E-state index in [0.717, 1.165) is 0 Å². The molecule has 0 heterocycles. The van der Waals surface area contributed by atoms with E-state index in [4.69, 9.17) is 16.2 Å². The van der Waals surface area contributed by atoms with Gasteiger partial charge >= 0.3 is 5.97 Å². The third-order valence-corrected chi connectivity index (χ3v) is 5.06. The Bertz CT molecular complexity index is 743. The zero-order valence-corrected chi connectivity index (χ0v) is 22.0. The highest BCUT2D eigenvalue weighted by Gasteiger charge is 2.29. The smallest absolute Gasteiger partial charge is 0.326 e. The van der Waals surface area contributed by atoms with E-state index < -0.39 is 66.5 Å². The number of nitrogens with one attached hydrogen (secondary N) is 4. The molecule has 0 saturated heterocycles. The molecule has 214 valence electrons. The highest BCUT2D eigenvalue weighted by molar-refractivity contribution is 5.94. The second-order valence-corrected chi connectivity index (χ2v) is 9.51. The maximum Gasteiger partial charge on any atom is 0.326 e. The number of carboxylic acids is 1. The number of carbonyl (C=O) groups is 5. The number of aliphatic hydroxyl groups is 1. The predicted octanol–water partition coefficient (Wildman–Crippen LogP) is -2.29. The Hall–Kier alpha value is -2.81. The summed E-state index contributed by atoms with van der Waals surface area (Å²) < 4.78 is 5.30. The monoisotopic (exact) mass is 532 g/mol. The Morgan fingerprint density at radius 2 is 1.30 bits per heavy atom. The van der Waals surface area contributed by atoms with Crippen LogP contribution in [0.3, 0.4) is 0 Å². The lowest BCUT2D eigenvalue weighted by atomic mass is 10.1. The zero-order chi connectivity index (χ0) is 28.4. The van der Waals surface area contributed by atoms with E-state index in [0.29, 0.717) is 38.8 Å². The van der Waals surface area contributed by atoms with Gasteiger partial charge in [-0.2, -0.15) is 0 Å². The molecule has 0 radical (unpaired) electrons. The molecule has 0 saturated carbocycles. The topological polar surface area (TPSA) is 235 Å². The fourth-order valence-corrected chi connectivity index (χ4v) is 3.01. The Balaban J connectivity index is 5.07. The Kier molecular flexibility index (Phi) is 17.0. The van der Waals surface area contributed by atoms with Crippen LogP contribution in [0.4, 0.5) is 0 Å². The number of nitrogens with two attached hydrogens (primary N) is 2. The first-order chi connectivity index (χ1) is 17.3. The van der Waals surface area contributed by atoms with E-state index in [1.807, 2.05) is 0 Å². The Morgan fingerprint density at radius 3 is 1.78 bits per heavy atom. The number of aliphatic carboxylic acids is 1. The maximum atomic E-state index is 12.8. The number of hydrogen-bond donors (Lipinski definition) is 8. The zero-order valence-electron chi connectivity index (χ0n) is 22.0. The molecule has 0 fully saturated rings. The van der Waals surface area contributed by atoms with Gasteiger partial charge in [-0.1, -0.05) is 0 Å². The number of carboxylic acid groups (broad SMARTS) is 1. The van der Waals surface area contributed by atoms with Gasteiger partial charge in [-0.05, 0) is 72.4 Å². The quantitative estimate of drug-likeness (QED) is 0.0828. The van der Waals surface area contributed by atoms with Gasteiger partial charge in [0.1, 0.15) is 24.7 Å². The molecule has 0 aliphatic heterocycles. The van der Waals surface area contributed by atoms with Gasteiger partial charge < -0.3 is 47.7 Å². The minimum atomic E-state index is -1.40. The van der Waals surface area contributed by atoms with Crippen molar-refractivity contribution in [2.45, 2.75) is 83.0 Å². The van der Waals surface area contributed by atoms with Gasteiger partial charge in [0.2, 0.25) is 23.6 Å². The highest BCUT2D eigenvalue weighted by atomic mass is 16.5. The predicted molar refractivity (Wildman–Crippen MR) is 135 cm³/mol. The summed E-state index contributed by atoms with van der Waals surface area (Å²) in [6, 6.07) is -3.68. The van der Waals surface area contributed by atoms with Crippen LogP contribution in [0.15, 0.2) is 0 Å². The van der Waals surface area contributed by atoms with Gasteiger partial charge in [-0.3, -0.25) is 19.2 Å². The van der Waals surface area contributed by atoms with Crippen molar-refractivity contribution in [1.82, 2.24) is 21.3 Å². The van der Waals surface area contributed by atoms with Crippen LogP contribution in [0.1, 0.15) is 59.3 Å². The average Bonchev–Trinajstić information content (AvgIpc) is 2.82. The van der Waals surface area contributed by atoms with E-state index >= 15 is 0 Å². The molecule has 0 bridgehead atoms. The third-order valence-electron chi connectivity index (χ3n) is 5.06. The lowest BCUT2D eigenvalue weighted by Gasteiger charge is -2.24. The molecule has 4 amide bonds. The van der Waals surface area contributed by atoms with Gasteiger partial charge in [0.25, 0.3) is 0 Å². The van der Waals surface area contributed by atoms with E-state index in [1.54, 1.807) is 20.8 Å². The summed E-state index contributed by atoms with van der Waals surface area (Å²) in [5.74, 6) is -4.05. The molecule has 10 N–H and O–H groups in total. The summed E-state index contributed by atoms with van der Waals surface area (Å²) in [6.45, 7) is 4.57. The van der Waals surface area contributed by atoms with Crippen molar-refractivity contribution in [3.05, 3.63) is 0 Å². The molecule has 3 atom stereocenters. The lowest BCUT2D eigenvalue weighted by molar-refractivity contribution is -0.142. The molecule has 0 aliphatic carbocycles. The largest absolute Gasteiger partial charge is 0.480 e. The van der Waals surface area contributed by atoms with Crippen molar-refractivity contribution in [2.24, 2.45) is 11.5 Å². The molecule has 0 rings (SSSR count). The van der Waals surface area contributed by atoms with E-state index in [2.05, 4.69) is 21.3 Å². The molecule has 0 aromatic rings. The standard InChI is InChI=1S/C23H44N6O8/c1-23(2,3)37-14-19(32)26-12-18(31)27-17(13-30)21(34)28-15(8-4-6-10-24)20(33)29-16(22(35)36)9-5-7-11-25/h15-17,30H,4-14,24-25H2,1-3H3,(H,26,32)(H,27,31)(H,28,34)(H,29,33)(H,35,36)/t15-,16-,17-/m0/s1. The first-order valence-electron chi connectivity index (χ1n) is 12.4.